The Kier molecular flexibility index (Phi) is 5.17. The number of ketones is 1. The monoisotopic (exact) mass is 368 g/mol. The van der Waals surface area contributed by atoms with Gasteiger partial charge in [0.2, 0.25) is 0 Å². The van der Waals surface area contributed by atoms with E-state index >= 15 is 0 Å². The molecule has 0 aliphatic carbocycles. The van der Waals surface area contributed by atoms with Crippen molar-refractivity contribution in [1.82, 2.24) is 9.88 Å². The van der Waals surface area contributed by atoms with E-state index < -0.39 is 11.9 Å². The van der Waals surface area contributed by atoms with Gasteiger partial charge in [0.15, 0.2) is 5.78 Å². The molecule has 2 heterocycles. The topological polar surface area (TPSA) is 90.5 Å². The van der Waals surface area contributed by atoms with Gasteiger partial charge >= 0.3 is 5.97 Å². The minimum Gasteiger partial charge on any atom is -0.481 e. The molecule has 1 atom stereocenters. The van der Waals surface area contributed by atoms with Gasteiger partial charge < -0.3 is 15.0 Å². The predicted molar refractivity (Wildman–Crippen MR) is 101 cm³/mol. The number of nitrogens with zero attached hydrogens (tertiary/aromatic N) is 1. The van der Waals surface area contributed by atoms with Crippen LogP contribution in [-0.4, -0.2) is 39.2 Å². The fraction of sp³-hybridized carbons (Fsp3) is 0.381. The first-order valence-corrected chi connectivity index (χ1v) is 9.17. The maximum atomic E-state index is 13.3. The van der Waals surface area contributed by atoms with Gasteiger partial charge in [-0.15, -0.1) is 0 Å². The van der Waals surface area contributed by atoms with Crippen LogP contribution in [0.25, 0.3) is 0 Å². The zero-order chi connectivity index (χ0) is 19.7. The van der Waals surface area contributed by atoms with E-state index in [9.17, 15) is 19.5 Å². The van der Waals surface area contributed by atoms with Crippen LogP contribution in [0.1, 0.15) is 69.4 Å². The van der Waals surface area contributed by atoms with Crippen molar-refractivity contribution in [3.63, 3.8) is 0 Å². The van der Waals surface area contributed by atoms with E-state index in [-0.39, 0.29) is 18.2 Å². The molecule has 0 saturated heterocycles. The Morgan fingerprint density at radius 2 is 1.96 bits per heavy atom. The van der Waals surface area contributed by atoms with E-state index in [1.54, 1.807) is 11.8 Å². The fourth-order valence-electron chi connectivity index (χ4n) is 3.97. The fourth-order valence-corrected chi connectivity index (χ4v) is 3.97. The molecule has 0 fully saturated rings. The SMILES string of the molecule is CCCc1c(C(=O)N2Cc3ccccc3C(C(=O)O)C2)[nH]c(C)c1C(C)=O. The molecule has 0 saturated carbocycles. The highest BCUT2D eigenvalue weighted by Crippen LogP contribution is 2.31. The summed E-state index contributed by atoms with van der Waals surface area (Å²) >= 11 is 0. The van der Waals surface area contributed by atoms with Crippen LogP contribution in [0.2, 0.25) is 0 Å². The molecular formula is C21H24N2O4. The second-order valence-corrected chi connectivity index (χ2v) is 7.06. The number of aromatic nitrogens is 1. The van der Waals surface area contributed by atoms with Crippen LogP contribution in [0.3, 0.4) is 0 Å². The van der Waals surface area contributed by atoms with E-state index in [4.69, 9.17) is 0 Å². The number of carboxylic acids is 1. The van der Waals surface area contributed by atoms with Gasteiger partial charge in [0, 0.05) is 24.3 Å². The molecule has 1 aliphatic heterocycles. The van der Waals surface area contributed by atoms with Gasteiger partial charge in [-0.25, -0.2) is 0 Å². The van der Waals surface area contributed by atoms with Crippen LogP contribution in [0.5, 0.6) is 0 Å². The number of hydrogen-bond donors (Lipinski definition) is 2. The number of H-pyrrole nitrogens is 1. The Balaban J connectivity index is 2.01. The molecule has 6 heteroatoms. The number of benzene rings is 1. The van der Waals surface area contributed by atoms with Crippen molar-refractivity contribution in [2.24, 2.45) is 0 Å². The minimum atomic E-state index is -0.944. The highest BCUT2D eigenvalue weighted by molar-refractivity contribution is 6.03. The smallest absolute Gasteiger partial charge is 0.312 e. The van der Waals surface area contributed by atoms with Crippen LogP contribution >= 0.6 is 0 Å². The predicted octanol–water partition coefficient (Wildman–Crippen LogP) is 3.30. The van der Waals surface area contributed by atoms with Crippen molar-refractivity contribution in [2.45, 2.75) is 46.1 Å². The molecule has 0 spiro atoms. The number of carbonyl (C=O) groups is 3. The quantitative estimate of drug-likeness (QED) is 0.792. The maximum absolute atomic E-state index is 13.3. The van der Waals surface area contributed by atoms with E-state index in [2.05, 4.69) is 4.98 Å². The molecular weight excluding hydrogens is 344 g/mol. The molecule has 1 aromatic heterocycles. The van der Waals surface area contributed by atoms with Gasteiger partial charge in [0.25, 0.3) is 5.91 Å². The summed E-state index contributed by atoms with van der Waals surface area (Å²) in [4.78, 5) is 41.7. The summed E-state index contributed by atoms with van der Waals surface area (Å²) in [5, 5.41) is 9.62. The zero-order valence-electron chi connectivity index (χ0n) is 15.8. The van der Waals surface area contributed by atoms with Gasteiger partial charge in [-0.1, -0.05) is 37.6 Å². The second kappa shape index (κ2) is 7.39. The van der Waals surface area contributed by atoms with Crippen molar-refractivity contribution in [1.29, 1.82) is 0 Å². The third kappa shape index (κ3) is 3.39. The third-order valence-electron chi connectivity index (χ3n) is 5.14. The highest BCUT2D eigenvalue weighted by Gasteiger charge is 2.34. The molecule has 0 bridgehead atoms. The van der Waals surface area contributed by atoms with Crippen molar-refractivity contribution >= 4 is 17.7 Å². The highest BCUT2D eigenvalue weighted by atomic mass is 16.4. The maximum Gasteiger partial charge on any atom is 0.312 e. The Morgan fingerprint density at radius 1 is 1.26 bits per heavy atom. The van der Waals surface area contributed by atoms with Crippen molar-refractivity contribution in [3.8, 4) is 0 Å². The van der Waals surface area contributed by atoms with Gasteiger partial charge in [0.05, 0.1) is 5.92 Å². The average molecular weight is 368 g/mol. The Hall–Kier alpha value is -2.89. The number of amides is 1. The average Bonchev–Trinajstić information content (AvgIpc) is 2.96. The van der Waals surface area contributed by atoms with Crippen molar-refractivity contribution in [2.75, 3.05) is 6.54 Å². The van der Waals surface area contributed by atoms with Gasteiger partial charge in [-0.2, -0.15) is 0 Å². The van der Waals surface area contributed by atoms with Crippen molar-refractivity contribution < 1.29 is 19.5 Å². The lowest BCUT2D eigenvalue weighted by Crippen LogP contribution is -2.41. The summed E-state index contributed by atoms with van der Waals surface area (Å²) in [7, 11) is 0. The van der Waals surface area contributed by atoms with Crippen LogP contribution in [0.15, 0.2) is 24.3 Å². The number of hydrogen-bond acceptors (Lipinski definition) is 3. The molecule has 3 rings (SSSR count). The van der Waals surface area contributed by atoms with Gasteiger partial charge in [-0.3, -0.25) is 14.4 Å². The van der Waals surface area contributed by atoms with Gasteiger partial charge in [0.1, 0.15) is 5.69 Å². The summed E-state index contributed by atoms with van der Waals surface area (Å²) < 4.78 is 0. The summed E-state index contributed by atoms with van der Waals surface area (Å²) in [6.45, 7) is 5.76. The Bertz CT molecular complexity index is 913. The van der Waals surface area contributed by atoms with E-state index in [0.29, 0.717) is 29.9 Å². The number of rotatable bonds is 5. The first kappa shape index (κ1) is 18.9. The first-order chi connectivity index (χ1) is 12.8. The van der Waals surface area contributed by atoms with E-state index in [1.807, 2.05) is 31.2 Å². The molecule has 0 radical (unpaired) electrons. The molecule has 1 unspecified atom stereocenters. The number of aryl methyl sites for hydroxylation is 1. The Labute approximate surface area is 158 Å². The first-order valence-electron chi connectivity index (χ1n) is 9.17. The Morgan fingerprint density at radius 3 is 2.59 bits per heavy atom. The standard InChI is InChI=1S/C21H24N2O4/c1-4-7-16-18(13(3)24)12(2)22-19(16)20(25)23-10-14-8-5-6-9-15(14)17(11-23)21(26)27/h5-6,8-9,17,22H,4,7,10-11H2,1-3H3,(H,26,27). The molecule has 142 valence electrons. The van der Waals surface area contributed by atoms with Crippen molar-refractivity contribution in [3.05, 3.63) is 57.9 Å². The number of Topliss-reactive ketones (excluding diaryl/α,β-unsaturated/α-hetero) is 1. The molecule has 6 nitrogen and oxygen atoms in total. The molecule has 27 heavy (non-hydrogen) atoms. The zero-order valence-corrected chi connectivity index (χ0v) is 15.8. The van der Waals surface area contributed by atoms with Gasteiger partial charge in [-0.05, 0) is 37.0 Å². The second-order valence-electron chi connectivity index (χ2n) is 7.06. The lowest BCUT2D eigenvalue weighted by Gasteiger charge is -2.32. The molecule has 2 N–H and O–H groups in total. The summed E-state index contributed by atoms with van der Waals surface area (Å²) in [6, 6.07) is 7.34. The number of fused-ring (bicyclic) bond motifs is 1. The lowest BCUT2D eigenvalue weighted by atomic mass is 9.89. The summed E-state index contributed by atoms with van der Waals surface area (Å²) in [5.41, 5.74) is 4.00. The summed E-state index contributed by atoms with van der Waals surface area (Å²) in [6.07, 6.45) is 1.42. The molecule has 1 amide bonds. The van der Waals surface area contributed by atoms with Crippen LogP contribution in [0, 0.1) is 6.92 Å². The normalized spacial score (nSPS) is 16.1. The minimum absolute atomic E-state index is 0.0707. The van der Waals surface area contributed by atoms with Crippen LogP contribution < -0.4 is 0 Å². The molecule has 1 aliphatic rings. The largest absolute Gasteiger partial charge is 0.481 e. The van der Waals surface area contributed by atoms with Crippen LogP contribution in [0.4, 0.5) is 0 Å². The molecule has 1 aromatic carbocycles. The number of nitrogens with one attached hydrogen (secondary N) is 1. The number of aliphatic carboxylic acids is 1. The number of carboxylic acid groups (broad SMARTS) is 1. The van der Waals surface area contributed by atoms with E-state index in [1.165, 1.54) is 6.92 Å². The number of carbonyl (C=O) groups excluding carboxylic acids is 2. The van der Waals surface area contributed by atoms with Crippen LogP contribution in [-0.2, 0) is 17.8 Å². The lowest BCUT2D eigenvalue weighted by molar-refractivity contribution is -0.139. The molecule has 2 aromatic rings. The third-order valence-corrected chi connectivity index (χ3v) is 5.14. The number of aromatic amines is 1. The van der Waals surface area contributed by atoms with E-state index in [0.717, 1.165) is 23.1 Å². The summed E-state index contributed by atoms with van der Waals surface area (Å²) in [5.74, 6) is -2.02.